The van der Waals surface area contributed by atoms with Crippen LogP contribution in [0.3, 0.4) is 0 Å². The van der Waals surface area contributed by atoms with Crippen LogP contribution in [0.1, 0.15) is 36.7 Å². The third kappa shape index (κ3) is 2.81. The van der Waals surface area contributed by atoms with E-state index in [0.717, 1.165) is 5.56 Å². The lowest BCUT2D eigenvalue weighted by atomic mass is 9.85. The first kappa shape index (κ1) is 13.2. The first-order valence-corrected chi connectivity index (χ1v) is 5.11. The Morgan fingerprint density at radius 2 is 2.00 bits per heavy atom. The molecule has 3 N–H and O–H groups in total. The molecule has 0 aliphatic rings. The zero-order valence-corrected chi connectivity index (χ0v) is 10.0. The summed E-state index contributed by atoms with van der Waals surface area (Å²) in [5, 5.41) is 2.22. The number of anilines is 1. The molecule has 0 spiro atoms. The summed E-state index contributed by atoms with van der Waals surface area (Å²) < 4.78 is 13.8. The molecular formula is C12H15FN2O2. The van der Waals surface area contributed by atoms with Gasteiger partial charge in [0.2, 0.25) is 6.41 Å². The number of amides is 2. The molecule has 1 aromatic carbocycles. The molecule has 92 valence electrons. The van der Waals surface area contributed by atoms with E-state index in [0.29, 0.717) is 6.41 Å². The Kier molecular flexibility index (Phi) is 3.50. The Balaban J connectivity index is 3.47. The maximum Gasteiger partial charge on any atom is 0.251 e. The second-order valence-electron chi connectivity index (χ2n) is 4.76. The van der Waals surface area contributed by atoms with Crippen molar-refractivity contribution in [3.05, 3.63) is 29.1 Å². The number of primary amides is 1. The van der Waals surface area contributed by atoms with Gasteiger partial charge in [0.25, 0.3) is 5.91 Å². The van der Waals surface area contributed by atoms with Gasteiger partial charge in [-0.2, -0.15) is 0 Å². The number of benzene rings is 1. The lowest BCUT2D eigenvalue weighted by Crippen LogP contribution is -2.19. The van der Waals surface area contributed by atoms with Crippen LogP contribution >= 0.6 is 0 Å². The molecule has 1 rings (SSSR count). The highest BCUT2D eigenvalue weighted by Gasteiger charge is 2.21. The molecule has 0 saturated carbocycles. The van der Waals surface area contributed by atoms with E-state index >= 15 is 0 Å². The molecule has 0 aromatic heterocycles. The minimum Gasteiger partial charge on any atom is -0.366 e. The smallest absolute Gasteiger partial charge is 0.251 e. The first-order chi connectivity index (χ1) is 7.77. The van der Waals surface area contributed by atoms with Gasteiger partial charge in [0.1, 0.15) is 0 Å². The number of hydrogen-bond acceptors (Lipinski definition) is 2. The SMILES string of the molecule is CC(C)(C)c1cc(NC=O)c(F)c(C(N)=O)c1. The molecule has 2 amide bonds. The van der Waals surface area contributed by atoms with E-state index < -0.39 is 11.7 Å². The van der Waals surface area contributed by atoms with Gasteiger partial charge in [-0.25, -0.2) is 4.39 Å². The van der Waals surface area contributed by atoms with Gasteiger partial charge in [0, 0.05) is 0 Å². The molecule has 0 heterocycles. The molecule has 0 saturated heterocycles. The van der Waals surface area contributed by atoms with Crippen LogP contribution in [0.25, 0.3) is 0 Å². The van der Waals surface area contributed by atoms with Crippen LogP contribution in [-0.4, -0.2) is 12.3 Å². The van der Waals surface area contributed by atoms with Crippen LogP contribution in [0.5, 0.6) is 0 Å². The predicted octanol–water partition coefficient (Wildman–Crippen LogP) is 1.79. The molecule has 0 fully saturated rings. The molecule has 4 nitrogen and oxygen atoms in total. The predicted molar refractivity (Wildman–Crippen MR) is 63.3 cm³/mol. The van der Waals surface area contributed by atoms with Crippen LogP contribution in [0.2, 0.25) is 0 Å². The normalized spacial score (nSPS) is 11.1. The van der Waals surface area contributed by atoms with Gasteiger partial charge in [-0.3, -0.25) is 9.59 Å². The van der Waals surface area contributed by atoms with Gasteiger partial charge in [0.15, 0.2) is 5.82 Å². The van der Waals surface area contributed by atoms with Gasteiger partial charge in [-0.1, -0.05) is 20.8 Å². The summed E-state index contributed by atoms with van der Waals surface area (Å²) >= 11 is 0. The van der Waals surface area contributed by atoms with Crippen LogP contribution in [0.4, 0.5) is 10.1 Å². The van der Waals surface area contributed by atoms with Crippen molar-refractivity contribution < 1.29 is 14.0 Å². The maximum atomic E-state index is 13.8. The Hall–Kier alpha value is -1.91. The standard InChI is InChI=1S/C12H15FN2O2/c1-12(2,3)7-4-8(11(14)17)10(13)9(5-7)15-6-16/h4-6H,1-3H3,(H2,14,17)(H,15,16). The summed E-state index contributed by atoms with van der Waals surface area (Å²) in [6.07, 6.45) is 0.357. The van der Waals surface area contributed by atoms with Gasteiger partial charge in [0.05, 0.1) is 11.3 Å². The summed E-state index contributed by atoms with van der Waals surface area (Å²) in [6.45, 7) is 5.74. The minimum absolute atomic E-state index is 0.0405. The van der Waals surface area contributed by atoms with Crippen molar-refractivity contribution in [2.75, 3.05) is 5.32 Å². The van der Waals surface area contributed by atoms with Crippen molar-refractivity contribution >= 4 is 18.0 Å². The zero-order valence-electron chi connectivity index (χ0n) is 10.0. The highest BCUT2D eigenvalue weighted by molar-refractivity contribution is 5.95. The van der Waals surface area contributed by atoms with Crippen molar-refractivity contribution in [2.45, 2.75) is 26.2 Å². The lowest BCUT2D eigenvalue weighted by Gasteiger charge is -2.21. The number of rotatable bonds is 3. The largest absolute Gasteiger partial charge is 0.366 e. The van der Waals surface area contributed by atoms with Crippen LogP contribution in [0, 0.1) is 5.82 Å². The van der Waals surface area contributed by atoms with E-state index in [4.69, 9.17) is 5.73 Å². The second-order valence-corrected chi connectivity index (χ2v) is 4.76. The third-order valence-corrected chi connectivity index (χ3v) is 2.42. The Morgan fingerprint density at radius 3 is 2.41 bits per heavy atom. The average Bonchev–Trinajstić information content (AvgIpc) is 2.19. The van der Waals surface area contributed by atoms with E-state index in [1.807, 2.05) is 20.8 Å². The molecule has 0 unspecified atom stereocenters. The van der Waals surface area contributed by atoms with E-state index in [-0.39, 0.29) is 16.7 Å². The van der Waals surface area contributed by atoms with Crippen LogP contribution in [-0.2, 0) is 10.2 Å². The fourth-order valence-electron chi connectivity index (χ4n) is 1.41. The highest BCUT2D eigenvalue weighted by Crippen LogP contribution is 2.28. The van der Waals surface area contributed by atoms with Crippen LogP contribution < -0.4 is 11.1 Å². The monoisotopic (exact) mass is 238 g/mol. The Labute approximate surface area is 99.0 Å². The molecule has 5 heteroatoms. The third-order valence-electron chi connectivity index (χ3n) is 2.42. The van der Waals surface area contributed by atoms with Gasteiger partial charge in [-0.15, -0.1) is 0 Å². The van der Waals surface area contributed by atoms with E-state index in [9.17, 15) is 14.0 Å². The molecule has 0 aliphatic carbocycles. The summed E-state index contributed by atoms with van der Waals surface area (Å²) in [6, 6.07) is 2.91. The van der Waals surface area contributed by atoms with E-state index in [2.05, 4.69) is 5.32 Å². The van der Waals surface area contributed by atoms with Crippen molar-refractivity contribution in [2.24, 2.45) is 5.73 Å². The summed E-state index contributed by atoms with van der Waals surface area (Å²) in [7, 11) is 0. The fourth-order valence-corrected chi connectivity index (χ4v) is 1.41. The molecule has 0 bridgehead atoms. The molecule has 1 aromatic rings. The molecule has 0 aliphatic heterocycles. The van der Waals surface area contributed by atoms with Crippen molar-refractivity contribution in [3.63, 3.8) is 0 Å². The van der Waals surface area contributed by atoms with Crippen LogP contribution in [0.15, 0.2) is 12.1 Å². The Bertz CT molecular complexity index is 464. The fraction of sp³-hybridized carbons (Fsp3) is 0.333. The zero-order chi connectivity index (χ0) is 13.2. The highest BCUT2D eigenvalue weighted by atomic mass is 19.1. The van der Waals surface area contributed by atoms with E-state index in [1.54, 1.807) is 0 Å². The summed E-state index contributed by atoms with van der Waals surface area (Å²) in [5.74, 6) is -1.67. The number of halogens is 1. The van der Waals surface area contributed by atoms with Gasteiger partial charge < -0.3 is 11.1 Å². The molecular weight excluding hydrogens is 223 g/mol. The Morgan fingerprint density at radius 1 is 1.41 bits per heavy atom. The molecule has 17 heavy (non-hydrogen) atoms. The lowest BCUT2D eigenvalue weighted by molar-refractivity contribution is -0.105. The topological polar surface area (TPSA) is 72.2 Å². The van der Waals surface area contributed by atoms with Gasteiger partial charge in [-0.05, 0) is 23.1 Å². The second kappa shape index (κ2) is 4.53. The first-order valence-electron chi connectivity index (χ1n) is 5.11. The summed E-state index contributed by atoms with van der Waals surface area (Å²) in [5.41, 5.74) is 5.27. The van der Waals surface area contributed by atoms with Gasteiger partial charge >= 0.3 is 0 Å². The number of hydrogen-bond donors (Lipinski definition) is 2. The van der Waals surface area contributed by atoms with E-state index in [1.165, 1.54) is 12.1 Å². The maximum absolute atomic E-state index is 13.8. The number of carbonyl (C=O) groups is 2. The quantitative estimate of drug-likeness (QED) is 0.788. The van der Waals surface area contributed by atoms with Crippen molar-refractivity contribution in [3.8, 4) is 0 Å². The summed E-state index contributed by atoms with van der Waals surface area (Å²) in [4.78, 5) is 21.5. The molecule has 0 radical (unpaired) electrons. The number of nitrogens with one attached hydrogen (secondary N) is 1. The average molecular weight is 238 g/mol. The van der Waals surface area contributed by atoms with Crippen molar-refractivity contribution in [1.29, 1.82) is 0 Å². The minimum atomic E-state index is -0.859. The number of nitrogens with two attached hydrogens (primary N) is 1. The van der Waals surface area contributed by atoms with Crippen molar-refractivity contribution in [1.82, 2.24) is 0 Å². The number of carbonyl (C=O) groups excluding carboxylic acids is 2. The molecule has 0 atom stereocenters.